The van der Waals surface area contributed by atoms with E-state index in [1.807, 2.05) is 20.8 Å². The highest BCUT2D eigenvalue weighted by atomic mass is 32.2. The van der Waals surface area contributed by atoms with Gasteiger partial charge in [0.05, 0.1) is 48.8 Å². The number of hydrogen-bond donors (Lipinski definition) is 6. The predicted octanol–water partition coefficient (Wildman–Crippen LogP) is 5.27. The van der Waals surface area contributed by atoms with Gasteiger partial charge in [0.1, 0.15) is 16.9 Å². The topological polar surface area (TPSA) is 205 Å². The number of aromatic carboxylic acids is 1. The molecule has 318 valence electrons. The van der Waals surface area contributed by atoms with Crippen molar-refractivity contribution in [1.82, 2.24) is 9.62 Å². The predicted molar refractivity (Wildman–Crippen MR) is 219 cm³/mol. The van der Waals surface area contributed by atoms with Crippen molar-refractivity contribution in [2.45, 2.75) is 102 Å². The van der Waals surface area contributed by atoms with Gasteiger partial charge in [-0.05, 0) is 97.9 Å². The maximum Gasteiger partial charge on any atom is 0.407 e. The van der Waals surface area contributed by atoms with E-state index < -0.39 is 52.5 Å². The summed E-state index contributed by atoms with van der Waals surface area (Å²) in [4.78, 5) is 26.8. The summed E-state index contributed by atoms with van der Waals surface area (Å²) in [5.74, 6) is -1.62. The average Bonchev–Trinajstić information content (AvgIpc) is 3.81. The lowest BCUT2D eigenvalue weighted by Crippen LogP contribution is -2.51. The summed E-state index contributed by atoms with van der Waals surface area (Å²) < 4.78 is 51.6. The summed E-state index contributed by atoms with van der Waals surface area (Å²) in [5.41, 5.74) is 2.20. The fourth-order valence-corrected chi connectivity index (χ4v) is 10.8. The van der Waals surface area contributed by atoms with Crippen molar-refractivity contribution in [2.75, 3.05) is 44.0 Å². The molecule has 3 heterocycles. The summed E-state index contributed by atoms with van der Waals surface area (Å²) in [6.45, 7) is 10.2. The Morgan fingerprint density at radius 2 is 1.72 bits per heavy atom. The van der Waals surface area contributed by atoms with Crippen LogP contribution in [0.3, 0.4) is 0 Å². The van der Waals surface area contributed by atoms with E-state index in [9.17, 15) is 33.3 Å². The molecule has 6 N–H and O–H groups in total. The second-order valence-electron chi connectivity index (χ2n) is 16.7. The van der Waals surface area contributed by atoms with Gasteiger partial charge in [0.2, 0.25) is 16.4 Å². The molecule has 0 saturated carbocycles. The molecule has 15 nitrogen and oxygen atoms in total. The van der Waals surface area contributed by atoms with E-state index in [1.54, 1.807) is 36.4 Å². The number of amides is 1. The number of carbonyl (C=O) groups excluding carboxylic acids is 1. The Kier molecular flexibility index (Phi) is 13.3. The number of fused-ring (bicyclic) bond motifs is 2. The van der Waals surface area contributed by atoms with Crippen molar-refractivity contribution < 1.29 is 52.3 Å². The number of anilines is 2. The Balaban J connectivity index is 1.17. The van der Waals surface area contributed by atoms with Gasteiger partial charge in [-0.1, -0.05) is 39.8 Å². The number of hydrogen-bond acceptors (Lipinski definition) is 13. The van der Waals surface area contributed by atoms with Crippen molar-refractivity contribution in [3.63, 3.8) is 0 Å². The first-order valence-electron chi connectivity index (χ1n) is 19.6. The lowest BCUT2D eigenvalue weighted by Gasteiger charge is -2.31. The van der Waals surface area contributed by atoms with Crippen LogP contribution in [0.25, 0.3) is 0 Å². The zero-order valence-corrected chi connectivity index (χ0v) is 35.5. The van der Waals surface area contributed by atoms with E-state index in [4.69, 9.17) is 18.9 Å². The fraction of sp³-hybridized carbons (Fsp3) is 0.561. The van der Waals surface area contributed by atoms with Gasteiger partial charge >= 0.3 is 12.1 Å². The molecule has 0 spiro atoms. The SMILES string of the molecule is COc1ccc(S(=O)(=O)N(CC(C)C)C[C@@H](O)[C@H](Cc2ccc(NC(O)Nc3sc4c(c3C(=O)O)CC(C)(C)CC4)cc2)NC(=O)O[C@H]2CO[C@@]3(C)OCC[C@@H]23)cc1. The first-order valence-corrected chi connectivity index (χ1v) is 21.9. The average molecular weight is 845 g/mol. The molecule has 17 heteroatoms. The van der Waals surface area contributed by atoms with Gasteiger partial charge in [-0.15, -0.1) is 11.3 Å². The van der Waals surface area contributed by atoms with Crippen LogP contribution in [-0.2, 0) is 43.5 Å². The number of alkyl carbamates (subject to hydrolysis) is 1. The number of carbonyl (C=O) groups is 2. The van der Waals surface area contributed by atoms with Crippen molar-refractivity contribution in [3.05, 3.63) is 70.1 Å². The molecule has 1 aliphatic carbocycles. The third-order valence-corrected chi connectivity index (χ3v) is 14.2. The number of aliphatic hydroxyl groups excluding tert-OH is 2. The van der Waals surface area contributed by atoms with Gasteiger partial charge in [0.25, 0.3) is 0 Å². The lowest BCUT2D eigenvalue weighted by molar-refractivity contribution is -0.181. The Bertz CT molecular complexity index is 2020. The summed E-state index contributed by atoms with van der Waals surface area (Å²) in [7, 11) is -2.58. The molecule has 2 saturated heterocycles. The number of carboxylic acid groups (broad SMARTS) is 1. The van der Waals surface area contributed by atoms with Gasteiger partial charge in [-0.3, -0.25) is 0 Å². The van der Waals surface area contributed by atoms with Crippen LogP contribution in [-0.4, -0.2) is 104 Å². The number of methoxy groups -OCH3 is 1. The number of sulfonamides is 1. The van der Waals surface area contributed by atoms with Crippen LogP contribution in [0.4, 0.5) is 15.5 Å². The smallest absolute Gasteiger partial charge is 0.407 e. The van der Waals surface area contributed by atoms with Crippen LogP contribution in [0.2, 0.25) is 0 Å². The van der Waals surface area contributed by atoms with Crippen molar-refractivity contribution in [2.24, 2.45) is 17.3 Å². The number of rotatable bonds is 17. The molecule has 1 amide bonds. The molecule has 0 radical (unpaired) electrons. The first kappa shape index (κ1) is 43.6. The Morgan fingerprint density at radius 1 is 1.02 bits per heavy atom. The van der Waals surface area contributed by atoms with Gasteiger partial charge < -0.3 is 50.2 Å². The minimum Gasteiger partial charge on any atom is -0.497 e. The van der Waals surface area contributed by atoms with E-state index in [1.165, 1.54) is 34.9 Å². The molecule has 58 heavy (non-hydrogen) atoms. The standard InChI is InChI=1S/C41H56N4O11S2/c1-24(2)21-45(58(51,52)28-13-11-27(53-6)12-14-28)22-32(46)31(43-39(50)56-33-23-55-41(5)30(33)16-18-54-41)19-25-7-9-26(10-8-25)42-38(49)44-36-35(37(47)48)29-20-40(3,4)17-15-34(29)57-36/h7-14,24,30-33,38,42,44,46,49H,15-23H2,1-6H3,(H,43,50)(H,47,48)/t30-,31-,32+,33-,38?,41+/m0/s1. The molecule has 6 rings (SSSR count). The van der Waals surface area contributed by atoms with E-state index in [0.29, 0.717) is 41.4 Å². The van der Waals surface area contributed by atoms with Crippen LogP contribution < -0.4 is 20.7 Å². The highest BCUT2D eigenvalue weighted by molar-refractivity contribution is 7.89. The number of benzene rings is 2. The number of ether oxygens (including phenoxy) is 4. The van der Waals surface area contributed by atoms with E-state index in [-0.39, 0.29) is 53.8 Å². The van der Waals surface area contributed by atoms with Crippen LogP contribution in [0, 0.1) is 17.3 Å². The molecule has 1 unspecified atom stereocenters. The molecular formula is C41H56N4O11S2. The van der Waals surface area contributed by atoms with Crippen molar-refractivity contribution in [1.29, 1.82) is 0 Å². The minimum atomic E-state index is -4.07. The van der Waals surface area contributed by atoms with Gasteiger partial charge in [-0.2, -0.15) is 4.31 Å². The molecule has 0 bridgehead atoms. The largest absolute Gasteiger partial charge is 0.497 e. The maximum absolute atomic E-state index is 13.9. The third kappa shape index (κ3) is 10.1. The van der Waals surface area contributed by atoms with Crippen LogP contribution in [0.5, 0.6) is 5.75 Å². The highest BCUT2D eigenvalue weighted by Gasteiger charge is 2.53. The molecule has 1 aromatic heterocycles. The number of aryl methyl sites for hydroxylation is 1. The fourth-order valence-electron chi connectivity index (χ4n) is 7.98. The maximum atomic E-state index is 13.9. The Hall–Kier alpha value is -3.97. The van der Waals surface area contributed by atoms with Gasteiger partial charge in [0, 0.05) is 23.7 Å². The second kappa shape index (κ2) is 17.7. The second-order valence-corrected chi connectivity index (χ2v) is 19.7. The summed E-state index contributed by atoms with van der Waals surface area (Å²) in [5, 5.41) is 41.8. The van der Waals surface area contributed by atoms with E-state index in [2.05, 4.69) is 29.8 Å². The molecule has 3 aliphatic rings. The van der Waals surface area contributed by atoms with Crippen LogP contribution >= 0.6 is 11.3 Å². The zero-order valence-electron chi connectivity index (χ0n) is 33.8. The van der Waals surface area contributed by atoms with Gasteiger partial charge in [0.15, 0.2) is 5.79 Å². The molecule has 2 fully saturated rings. The Labute approximate surface area is 344 Å². The highest BCUT2D eigenvalue weighted by Crippen LogP contribution is 2.44. The quantitative estimate of drug-likeness (QED) is 0.0961. The Morgan fingerprint density at radius 3 is 2.38 bits per heavy atom. The molecule has 3 aromatic rings. The third-order valence-electron chi connectivity index (χ3n) is 11.1. The summed E-state index contributed by atoms with van der Waals surface area (Å²) in [6, 6.07) is 11.9. The molecule has 6 atom stereocenters. The number of nitrogens with one attached hydrogen (secondary N) is 3. The summed E-state index contributed by atoms with van der Waals surface area (Å²) >= 11 is 1.35. The van der Waals surface area contributed by atoms with Crippen LogP contribution in [0.15, 0.2) is 53.4 Å². The lowest BCUT2D eigenvalue weighted by atomic mass is 9.76. The minimum absolute atomic E-state index is 0.0145. The monoisotopic (exact) mass is 844 g/mol. The van der Waals surface area contributed by atoms with Crippen molar-refractivity contribution in [3.8, 4) is 5.75 Å². The summed E-state index contributed by atoms with van der Waals surface area (Å²) in [6.07, 6.45) is -0.898. The molecule has 2 aliphatic heterocycles. The number of aliphatic hydroxyl groups is 2. The number of nitrogens with zero attached hydrogens (tertiary/aromatic N) is 1. The normalized spacial score (nSPS) is 22.8. The van der Waals surface area contributed by atoms with E-state index in [0.717, 1.165) is 23.3 Å². The number of thiophene rings is 1. The molecule has 2 aromatic carbocycles. The first-order chi connectivity index (χ1) is 27.4. The van der Waals surface area contributed by atoms with Crippen LogP contribution in [0.1, 0.15) is 73.8 Å². The van der Waals surface area contributed by atoms with Crippen molar-refractivity contribution >= 4 is 44.1 Å². The van der Waals surface area contributed by atoms with E-state index >= 15 is 0 Å². The van der Waals surface area contributed by atoms with Gasteiger partial charge in [-0.25, -0.2) is 18.0 Å². The number of carboxylic acids is 1. The zero-order chi connectivity index (χ0) is 42.0. The molecular weight excluding hydrogens is 789 g/mol.